The first-order valence-corrected chi connectivity index (χ1v) is 20.2. The number of hydrogen-bond acceptors (Lipinski definition) is 2. The van der Waals surface area contributed by atoms with Gasteiger partial charge in [0.1, 0.15) is 22.3 Å². The summed E-state index contributed by atoms with van der Waals surface area (Å²) in [6.07, 6.45) is 0. The summed E-state index contributed by atoms with van der Waals surface area (Å²) in [6, 6.07) is 70.6. The van der Waals surface area contributed by atoms with E-state index >= 15 is 0 Å². The second-order valence-electron chi connectivity index (χ2n) is 15.8. The van der Waals surface area contributed by atoms with Gasteiger partial charge in [0.15, 0.2) is 0 Å². The Hall–Kier alpha value is -7.29. The third-order valence-electron chi connectivity index (χ3n) is 12.9. The van der Waals surface area contributed by atoms with Crippen LogP contribution in [0.1, 0.15) is 0 Å². The highest BCUT2D eigenvalue weighted by molar-refractivity contribution is 6.99. The van der Waals surface area contributed by atoms with Crippen LogP contribution in [-0.2, 0) is 0 Å². The molecule has 0 aliphatic carbocycles. The Bertz CT molecular complexity index is 3140. The number of hydrogen-bond donors (Lipinski definition) is 0. The third kappa shape index (κ3) is 4.40. The van der Waals surface area contributed by atoms with Crippen LogP contribution < -0.4 is 32.8 Å². The van der Waals surface area contributed by atoms with Gasteiger partial charge in [-0.15, -0.1) is 0 Å². The van der Waals surface area contributed by atoms with E-state index in [-0.39, 0.29) is 13.4 Å². The van der Waals surface area contributed by atoms with Gasteiger partial charge < -0.3 is 8.83 Å². The lowest BCUT2D eigenvalue weighted by Gasteiger charge is -2.15. The topological polar surface area (TPSA) is 26.3 Å². The summed E-state index contributed by atoms with van der Waals surface area (Å²) in [5, 5.41) is 4.30. The third-order valence-corrected chi connectivity index (χ3v) is 12.9. The monoisotopic (exact) mass is 734 g/mol. The lowest BCUT2D eigenvalue weighted by Crippen LogP contribution is -2.48. The highest BCUT2D eigenvalue weighted by Gasteiger charge is 2.35. The maximum atomic E-state index is 6.99. The van der Waals surface area contributed by atoms with Crippen LogP contribution in [0.15, 0.2) is 203 Å². The van der Waals surface area contributed by atoms with Crippen molar-refractivity contribution in [3.8, 4) is 44.5 Å². The van der Waals surface area contributed by atoms with Crippen molar-refractivity contribution in [3.63, 3.8) is 0 Å². The first kappa shape index (κ1) is 31.9. The van der Waals surface area contributed by atoms with Crippen LogP contribution >= 0.6 is 0 Å². The molecule has 0 bridgehead atoms. The van der Waals surface area contributed by atoms with Crippen LogP contribution in [0.5, 0.6) is 0 Å². The van der Waals surface area contributed by atoms with Gasteiger partial charge in [-0.05, 0) is 45.5 Å². The molecule has 0 spiro atoms. The molecular weight excluding hydrogens is 702 g/mol. The summed E-state index contributed by atoms with van der Waals surface area (Å²) >= 11 is 0. The van der Waals surface area contributed by atoms with E-state index in [4.69, 9.17) is 8.83 Å². The molecule has 266 valence electrons. The average Bonchev–Trinajstić information content (AvgIpc) is 4.04. The number of fused-ring (bicyclic) bond motifs is 12. The molecule has 4 heterocycles. The van der Waals surface area contributed by atoms with E-state index in [0.717, 1.165) is 66.1 Å². The average molecular weight is 734 g/mol. The van der Waals surface area contributed by atoms with Crippen molar-refractivity contribution in [2.75, 3.05) is 0 Å². The van der Waals surface area contributed by atoms with Gasteiger partial charge >= 0.3 is 0 Å². The van der Waals surface area contributed by atoms with Gasteiger partial charge in [0, 0.05) is 32.7 Å². The molecule has 2 aliphatic rings. The molecule has 0 saturated carbocycles. The fourth-order valence-electron chi connectivity index (χ4n) is 10.4. The van der Waals surface area contributed by atoms with Crippen molar-refractivity contribution in [2.45, 2.75) is 0 Å². The van der Waals surface area contributed by atoms with Gasteiger partial charge in [-0.1, -0.05) is 215 Å². The zero-order chi connectivity index (χ0) is 37.9. The molecule has 11 aromatic rings. The van der Waals surface area contributed by atoms with E-state index in [1.807, 2.05) is 0 Å². The predicted octanol–water partition coefficient (Wildman–Crippen LogP) is 9.81. The minimum absolute atomic E-state index is 0.180. The summed E-state index contributed by atoms with van der Waals surface area (Å²) in [5.74, 6) is 0. The molecule has 0 fully saturated rings. The fraction of sp³-hybridized carbons (Fsp3) is 0. The molecule has 0 amide bonds. The fourth-order valence-corrected chi connectivity index (χ4v) is 10.4. The summed E-state index contributed by atoms with van der Waals surface area (Å²) in [4.78, 5) is 0. The Morgan fingerprint density at radius 2 is 0.603 bits per heavy atom. The van der Waals surface area contributed by atoms with Crippen LogP contribution in [-0.4, -0.2) is 13.4 Å². The van der Waals surface area contributed by atoms with Gasteiger partial charge in [0.2, 0.25) is 13.4 Å². The highest BCUT2D eigenvalue weighted by atomic mass is 16.3. The number of benzene rings is 9. The summed E-state index contributed by atoms with van der Waals surface area (Å²) < 4.78 is 14.0. The molecular formula is C54H32B2O2. The van der Waals surface area contributed by atoms with Gasteiger partial charge in [-0.2, -0.15) is 0 Å². The van der Waals surface area contributed by atoms with Crippen molar-refractivity contribution in [3.05, 3.63) is 194 Å². The van der Waals surface area contributed by atoms with Crippen molar-refractivity contribution in [1.82, 2.24) is 0 Å². The van der Waals surface area contributed by atoms with Crippen LogP contribution in [0.3, 0.4) is 0 Å². The van der Waals surface area contributed by atoms with Crippen LogP contribution in [0.2, 0.25) is 0 Å². The van der Waals surface area contributed by atoms with Gasteiger partial charge in [-0.3, -0.25) is 0 Å². The van der Waals surface area contributed by atoms with Gasteiger partial charge in [-0.25, -0.2) is 0 Å². The largest absolute Gasteiger partial charge is 0.455 e. The number of para-hydroxylation sites is 2. The Morgan fingerprint density at radius 1 is 0.293 bits per heavy atom. The minimum atomic E-state index is 0.180. The van der Waals surface area contributed by atoms with E-state index in [2.05, 4.69) is 194 Å². The summed E-state index contributed by atoms with van der Waals surface area (Å²) in [5.41, 5.74) is 21.1. The predicted molar refractivity (Wildman–Crippen MR) is 245 cm³/mol. The van der Waals surface area contributed by atoms with Crippen molar-refractivity contribution in [2.24, 2.45) is 0 Å². The zero-order valence-corrected chi connectivity index (χ0v) is 31.4. The Labute approximate surface area is 336 Å². The molecule has 2 aromatic heterocycles. The Balaban J connectivity index is 1.03. The molecule has 2 nitrogen and oxygen atoms in total. The number of rotatable bonds is 4. The molecule has 0 saturated heterocycles. The van der Waals surface area contributed by atoms with Crippen molar-refractivity contribution < 1.29 is 8.83 Å². The molecule has 9 aromatic carbocycles. The standard InChI is InChI=1S/C54H32B2O2/c1-7-19-43-37(13-1)38-14-2-8-20-44(38)55(43)35-29-25-33(26-30-35)49-51-41-17-5-11-23-47(41)58-54(51)50(52-42-18-6-12-24-48(42)57-53(49)52)34-27-31-36(32-28-34)56-45-21-9-3-15-39(45)40-16-4-10-22-46(40)56/h1-32H. The summed E-state index contributed by atoms with van der Waals surface area (Å²) in [6.45, 7) is 0.359. The SMILES string of the molecule is c1ccc2c(c1)B(c1ccc(-c3c4oc5ccccc5c4c(-c4ccc(B5c6ccccc6-c6ccccc65)cc4)c4oc5ccccc5c34)cc1)c1ccccc1-2. The molecule has 58 heavy (non-hydrogen) atoms. The first-order chi connectivity index (χ1) is 28.8. The van der Waals surface area contributed by atoms with E-state index < -0.39 is 0 Å². The maximum Gasteiger partial charge on any atom is 0.242 e. The summed E-state index contributed by atoms with van der Waals surface area (Å²) in [7, 11) is 0. The highest BCUT2D eigenvalue weighted by Crippen LogP contribution is 2.50. The number of furan rings is 2. The maximum absolute atomic E-state index is 6.99. The van der Waals surface area contributed by atoms with Crippen LogP contribution in [0.25, 0.3) is 88.4 Å². The van der Waals surface area contributed by atoms with Gasteiger partial charge in [0.05, 0.1) is 0 Å². The molecule has 2 aliphatic heterocycles. The Morgan fingerprint density at radius 3 is 0.966 bits per heavy atom. The Kier molecular flexibility index (Phi) is 6.65. The van der Waals surface area contributed by atoms with Crippen LogP contribution in [0, 0.1) is 0 Å². The van der Waals surface area contributed by atoms with Crippen LogP contribution in [0.4, 0.5) is 0 Å². The van der Waals surface area contributed by atoms with E-state index in [1.165, 1.54) is 55.0 Å². The van der Waals surface area contributed by atoms with Gasteiger partial charge in [0.25, 0.3) is 0 Å². The lowest BCUT2D eigenvalue weighted by atomic mass is 9.39. The molecule has 0 atom stereocenters. The smallest absolute Gasteiger partial charge is 0.242 e. The van der Waals surface area contributed by atoms with E-state index in [9.17, 15) is 0 Å². The molecule has 0 radical (unpaired) electrons. The van der Waals surface area contributed by atoms with E-state index in [1.54, 1.807) is 0 Å². The van der Waals surface area contributed by atoms with Crippen molar-refractivity contribution >= 4 is 90.1 Å². The van der Waals surface area contributed by atoms with E-state index in [0.29, 0.717) is 0 Å². The normalized spacial score (nSPS) is 12.8. The quantitative estimate of drug-likeness (QED) is 0.169. The second-order valence-corrected chi connectivity index (χ2v) is 15.8. The molecule has 4 heteroatoms. The van der Waals surface area contributed by atoms with Crippen molar-refractivity contribution in [1.29, 1.82) is 0 Å². The first-order valence-electron chi connectivity index (χ1n) is 20.2. The zero-order valence-electron chi connectivity index (χ0n) is 31.4. The minimum Gasteiger partial charge on any atom is -0.455 e. The second kappa shape index (κ2) is 12.1. The molecule has 0 unspecified atom stereocenters. The lowest BCUT2D eigenvalue weighted by molar-refractivity contribution is 0.665. The molecule has 13 rings (SSSR count). The molecule has 0 N–H and O–H groups in total.